The van der Waals surface area contributed by atoms with E-state index in [1.165, 1.54) is 27.7 Å². The van der Waals surface area contributed by atoms with Crippen molar-refractivity contribution in [2.45, 2.75) is 5.79 Å². The molecule has 122 valence electrons. The van der Waals surface area contributed by atoms with E-state index in [4.69, 9.17) is 25.7 Å². The second-order valence-electron chi connectivity index (χ2n) is 4.95. The Labute approximate surface area is 133 Å². The van der Waals surface area contributed by atoms with E-state index in [0.717, 1.165) is 0 Å². The third-order valence-corrected chi connectivity index (χ3v) is 3.63. The number of nitrogens with two attached hydrogens (primary N) is 2. The van der Waals surface area contributed by atoms with Crippen LogP contribution >= 0.6 is 0 Å². The van der Waals surface area contributed by atoms with Crippen LogP contribution in [0.3, 0.4) is 0 Å². The van der Waals surface area contributed by atoms with Crippen molar-refractivity contribution >= 4 is 17.3 Å². The predicted molar refractivity (Wildman–Crippen MR) is 85.7 cm³/mol. The van der Waals surface area contributed by atoms with Crippen LogP contribution in [-0.4, -0.2) is 31.3 Å². The quantitative estimate of drug-likeness (QED) is 0.643. The number of hydrogen-bond acceptors (Lipinski definition) is 9. The molecule has 0 amide bonds. The molecule has 2 aromatic rings. The smallest absolute Gasteiger partial charge is 0.203 e. The summed E-state index contributed by atoms with van der Waals surface area (Å²) in [6.45, 7) is 0. The topological polar surface area (TPSA) is 130 Å². The highest BCUT2D eigenvalue weighted by Crippen LogP contribution is 2.43. The number of ether oxygens (including phenoxy) is 3. The summed E-state index contributed by atoms with van der Waals surface area (Å²) in [4.78, 5) is 8.07. The second-order valence-corrected chi connectivity index (χ2v) is 4.95. The third-order valence-electron chi connectivity index (χ3n) is 3.63. The van der Waals surface area contributed by atoms with E-state index in [2.05, 4.69) is 20.6 Å². The molecule has 9 nitrogen and oxygen atoms in total. The fourth-order valence-electron chi connectivity index (χ4n) is 2.49. The summed E-state index contributed by atoms with van der Waals surface area (Å²) >= 11 is 0. The van der Waals surface area contributed by atoms with Gasteiger partial charge in [-0.3, -0.25) is 5.73 Å². The third kappa shape index (κ3) is 2.30. The Bertz CT molecular complexity index is 728. The summed E-state index contributed by atoms with van der Waals surface area (Å²) in [7, 11) is 4.62. The Morgan fingerprint density at radius 2 is 1.65 bits per heavy atom. The molecule has 1 aliphatic heterocycles. The lowest BCUT2D eigenvalue weighted by Crippen LogP contribution is -2.48. The molecular weight excluding hydrogens is 300 g/mol. The number of fused-ring (bicyclic) bond motifs is 1. The number of anilines is 3. The first-order valence-electron chi connectivity index (χ1n) is 6.78. The number of nitrogens with zero attached hydrogens (tertiary/aromatic N) is 2. The minimum absolute atomic E-state index is 0.308. The molecule has 3 rings (SSSR count). The molecule has 0 fully saturated rings. The molecule has 1 unspecified atom stereocenters. The zero-order valence-corrected chi connectivity index (χ0v) is 13.0. The van der Waals surface area contributed by atoms with Gasteiger partial charge in [0.2, 0.25) is 5.75 Å². The number of aromatic nitrogens is 2. The first kappa shape index (κ1) is 15.0. The van der Waals surface area contributed by atoms with E-state index >= 15 is 0 Å². The highest BCUT2D eigenvalue weighted by molar-refractivity contribution is 5.81. The largest absolute Gasteiger partial charge is 0.493 e. The lowest BCUT2D eigenvalue weighted by atomic mass is 10.1. The number of methoxy groups -OCH3 is 3. The summed E-state index contributed by atoms with van der Waals surface area (Å²) in [6.07, 6.45) is 1.36. The van der Waals surface area contributed by atoms with Crippen molar-refractivity contribution in [1.29, 1.82) is 0 Å². The molecule has 0 aliphatic carbocycles. The average molecular weight is 318 g/mol. The summed E-state index contributed by atoms with van der Waals surface area (Å²) in [5.74, 6) is 1.16. The first-order chi connectivity index (χ1) is 11.0. The fourth-order valence-corrected chi connectivity index (χ4v) is 2.49. The van der Waals surface area contributed by atoms with Gasteiger partial charge in [-0.25, -0.2) is 9.97 Å². The van der Waals surface area contributed by atoms with Crippen molar-refractivity contribution in [1.82, 2.24) is 9.97 Å². The Hall–Kier alpha value is -2.94. The van der Waals surface area contributed by atoms with E-state index in [0.29, 0.717) is 40.1 Å². The molecule has 0 saturated carbocycles. The minimum atomic E-state index is -1.14. The maximum absolute atomic E-state index is 6.44. The maximum atomic E-state index is 6.44. The number of hydrogen-bond donors (Lipinski definition) is 4. The molecule has 23 heavy (non-hydrogen) atoms. The Kier molecular flexibility index (Phi) is 3.49. The van der Waals surface area contributed by atoms with Crippen LogP contribution in [0.2, 0.25) is 0 Å². The Morgan fingerprint density at radius 3 is 2.17 bits per heavy atom. The van der Waals surface area contributed by atoms with Crippen molar-refractivity contribution in [3.8, 4) is 17.2 Å². The molecule has 9 heteroatoms. The van der Waals surface area contributed by atoms with Gasteiger partial charge in [-0.2, -0.15) is 0 Å². The fraction of sp³-hybridized carbons (Fsp3) is 0.286. The van der Waals surface area contributed by atoms with Crippen LogP contribution in [0.4, 0.5) is 17.3 Å². The van der Waals surface area contributed by atoms with Gasteiger partial charge in [0, 0.05) is 5.56 Å². The lowest BCUT2D eigenvalue weighted by Gasteiger charge is -2.27. The number of benzene rings is 1. The van der Waals surface area contributed by atoms with Gasteiger partial charge in [-0.1, -0.05) is 0 Å². The van der Waals surface area contributed by atoms with Crippen molar-refractivity contribution in [3.63, 3.8) is 0 Å². The van der Waals surface area contributed by atoms with Crippen molar-refractivity contribution in [2.24, 2.45) is 5.73 Å². The van der Waals surface area contributed by atoms with Gasteiger partial charge in [0.15, 0.2) is 28.9 Å². The second kappa shape index (κ2) is 5.36. The van der Waals surface area contributed by atoms with Gasteiger partial charge in [0.25, 0.3) is 0 Å². The molecule has 2 heterocycles. The van der Waals surface area contributed by atoms with E-state index < -0.39 is 5.79 Å². The van der Waals surface area contributed by atoms with Crippen molar-refractivity contribution < 1.29 is 14.2 Å². The molecule has 0 bridgehead atoms. The molecule has 1 aliphatic rings. The van der Waals surface area contributed by atoms with Gasteiger partial charge >= 0.3 is 0 Å². The summed E-state index contributed by atoms with van der Waals surface area (Å²) in [5.41, 5.74) is 13.5. The number of nitrogens with one attached hydrogen (secondary N) is 2. The summed E-state index contributed by atoms with van der Waals surface area (Å²) < 4.78 is 16.0. The van der Waals surface area contributed by atoms with Crippen molar-refractivity contribution in [3.05, 3.63) is 24.0 Å². The van der Waals surface area contributed by atoms with E-state index in [9.17, 15) is 0 Å². The minimum Gasteiger partial charge on any atom is -0.493 e. The molecule has 0 radical (unpaired) electrons. The molecule has 1 atom stereocenters. The normalized spacial score (nSPS) is 18.6. The van der Waals surface area contributed by atoms with E-state index in [1.54, 1.807) is 12.1 Å². The van der Waals surface area contributed by atoms with Crippen LogP contribution in [0.15, 0.2) is 18.5 Å². The van der Waals surface area contributed by atoms with Gasteiger partial charge < -0.3 is 30.6 Å². The number of nitrogen functional groups attached to an aromatic ring is 1. The van der Waals surface area contributed by atoms with Crippen LogP contribution in [0.25, 0.3) is 0 Å². The zero-order chi connectivity index (χ0) is 16.6. The standard InChI is InChI=1S/C14H18N6O3/c1-21-8-4-7(5-9(22-2)11(8)23-3)14(16)19-10-12(15)17-6-18-13(10)20-14/h4-6,19H,16H2,1-3H3,(H3,15,17,18,20). The number of rotatable bonds is 4. The maximum Gasteiger partial charge on any atom is 0.203 e. The summed E-state index contributed by atoms with van der Waals surface area (Å²) in [5, 5.41) is 6.19. The molecule has 1 aromatic heterocycles. The Balaban J connectivity index is 2.07. The molecule has 0 saturated heterocycles. The van der Waals surface area contributed by atoms with E-state index in [1.807, 2.05) is 0 Å². The zero-order valence-electron chi connectivity index (χ0n) is 13.0. The van der Waals surface area contributed by atoms with Crippen LogP contribution in [0.1, 0.15) is 5.56 Å². The average Bonchev–Trinajstić information content (AvgIpc) is 2.92. The molecule has 6 N–H and O–H groups in total. The molecule has 0 spiro atoms. The van der Waals surface area contributed by atoms with E-state index in [-0.39, 0.29) is 0 Å². The van der Waals surface area contributed by atoms with Gasteiger partial charge in [-0.15, -0.1) is 0 Å². The van der Waals surface area contributed by atoms with Crippen molar-refractivity contribution in [2.75, 3.05) is 37.7 Å². The highest BCUT2D eigenvalue weighted by atomic mass is 16.5. The monoisotopic (exact) mass is 318 g/mol. The van der Waals surface area contributed by atoms with Crippen LogP contribution in [-0.2, 0) is 5.79 Å². The predicted octanol–water partition coefficient (Wildman–Crippen LogP) is 0.691. The van der Waals surface area contributed by atoms with Gasteiger partial charge in [0.05, 0.1) is 21.3 Å². The molecular formula is C14H18N6O3. The van der Waals surface area contributed by atoms with Gasteiger partial charge in [-0.05, 0) is 12.1 Å². The summed E-state index contributed by atoms with van der Waals surface area (Å²) in [6, 6.07) is 3.49. The van der Waals surface area contributed by atoms with Gasteiger partial charge in [0.1, 0.15) is 12.0 Å². The Morgan fingerprint density at radius 1 is 1.00 bits per heavy atom. The molecule has 1 aromatic carbocycles. The van der Waals surface area contributed by atoms with Crippen LogP contribution in [0, 0.1) is 0 Å². The highest BCUT2D eigenvalue weighted by Gasteiger charge is 2.38. The SMILES string of the molecule is COc1cc(C2(N)Nc3ncnc(N)c3N2)cc(OC)c1OC. The van der Waals surface area contributed by atoms with Crippen LogP contribution in [0.5, 0.6) is 17.2 Å². The first-order valence-corrected chi connectivity index (χ1v) is 6.78. The van der Waals surface area contributed by atoms with Crippen LogP contribution < -0.4 is 36.3 Å². The lowest BCUT2D eigenvalue weighted by molar-refractivity contribution is 0.322.